The predicted octanol–water partition coefficient (Wildman–Crippen LogP) is 2.16. The van der Waals surface area contributed by atoms with Crippen LogP contribution >= 0.6 is 11.5 Å². The SMILES string of the molecule is CCCc1nsc(NCCCCC(=O)O)n1. The third kappa shape index (κ3) is 5.06. The van der Waals surface area contributed by atoms with Gasteiger partial charge in [-0.15, -0.1) is 0 Å². The number of carboxylic acid groups (broad SMARTS) is 1. The predicted molar refractivity (Wildman–Crippen MR) is 63.9 cm³/mol. The van der Waals surface area contributed by atoms with E-state index >= 15 is 0 Å². The summed E-state index contributed by atoms with van der Waals surface area (Å²) >= 11 is 1.37. The lowest BCUT2D eigenvalue weighted by Crippen LogP contribution is -2.03. The molecule has 0 unspecified atom stereocenters. The minimum Gasteiger partial charge on any atom is -0.481 e. The summed E-state index contributed by atoms with van der Waals surface area (Å²) in [7, 11) is 0. The number of anilines is 1. The highest BCUT2D eigenvalue weighted by molar-refractivity contribution is 7.09. The lowest BCUT2D eigenvalue weighted by molar-refractivity contribution is -0.137. The molecule has 2 N–H and O–H groups in total. The average Bonchev–Trinajstić information content (AvgIpc) is 2.65. The number of rotatable bonds is 8. The average molecular weight is 243 g/mol. The molecule has 90 valence electrons. The van der Waals surface area contributed by atoms with Crippen molar-refractivity contribution in [1.82, 2.24) is 9.36 Å². The number of aryl methyl sites for hydroxylation is 1. The summed E-state index contributed by atoms with van der Waals surface area (Å²) in [4.78, 5) is 14.6. The molecule has 0 saturated heterocycles. The molecule has 1 heterocycles. The highest BCUT2D eigenvalue weighted by Crippen LogP contribution is 2.12. The number of carbonyl (C=O) groups is 1. The number of unbranched alkanes of at least 4 members (excludes halogenated alkanes) is 1. The Morgan fingerprint density at radius 3 is 3.00 bits per heavy atom. The van der Waals surface area contributed by atoms with Crippen molar-refractivity contribution in [3.8, 4) is 0 Å². The lowest BCUT2D eigenvalue weighted by Gasteiger charge is -1.99. The molecule has 0 amide bonds. The molecule has 0 bridgehead atoms. The molecule has 5 nitrogen and oxygen atoms in total. The van der Waals surface area contributed by atoms with Crippen LogP contribution in [0.1, 0.15) is 38.4 Å². The van der Waals surface area contributed by atoms with E-state index in [1.807, 2.05) is 0 Å². The van der Waals surface area contributed by atoms with Gasteiger partial charge in [-0.25, -0.2) is 4.98 Å². The third-order valence-corrected chi connectivity index (χ3v) is 2.75. The Morgan fingerprint density at radius 2 is 2.31 bits per heavy atom. The van der Waals surface area contributed by atoms with E-state index in [0.717, 1.165) is 36.8 Å². The molecule has 0 aliphatic rings. The van der Waals surface area contributed by atoms with Crippen LogP contribution in [0.2, 0.25) is 0 Å². The van der Waals surface area contributed by atoms with Gasteiger partial charge in [-0.2, -0.15) is 4.37 Å². The van der Waals surface area contributed by atoms with Crippen LogP contribution in [0, 0.1) is 0 Å². The van der Waals surface area contributed by atoms with Crippen LogP contribution in [-0.4, -0.2) is 27.0 Å². The summed E-state index contributed by atoms with van der Waals surface area (Å²) in [5.74, 6) is 0.154. The van der Waals surface area contributed by atoms with Crippen LogP contribution in [0.25, 0.3) is 0 Å². The standard InChI is InChI=1S/C10H17N3O2S/c1-2-5-8-12-10(16-13-8)11-7-4-3-6-9(14)15/h2-7H2,1H3,(H,14,15)(H,11,12,13). The second-order valence-corrected chi connectivity index (χ2v) is 4.30. The zero-order valence-electron chi connectivity index (χ0n) is 9.40. The smallest absolute Gasteiger partial charge is 0.303 e. The van der Waals surface area contributed by atoms with E-state index in [-0.39, 0.29) is 6.42 Å². The Morgan fingerprint density at radius 1 is 1.50 bits per heavy atom. The topological polar surface area (TPSA) is 75.1 Å². The Labute approximate surface area is 99.1 Å². The van der Waals surface area contributed by atoms with Gasteiger partial charge in [0.15, 0.2) is 0 Å². The van der Waals surface area contributed by atoms with Crippen molar-refractivity contribution in [1.29, 1.82) is 0 Å². The lowest BCUT2D eigenvalue weighted by atomic mass is 10.2. The second-order valence-electron chi connectivity index (χ2n) is 3.54. The summed E-state index contributed by atoms with van der Waals surface area (Å²) in [5.41, 5.74) is 0. The molecule has 0 saturated carbocycles. The Kier molecular flexibility index (Phi) is 5.77. The van der Waals surface area contributed by atoms with E-state index in [1.54, 1.807) is 0 Å². The molecule has 16 heavy (non-hydrogen) atoms. The molecule has 0 aromatic carbocycles. The summed E-state index contributed by atoms with van der Waals surface area (Å²) in [5, 5.41) is 12.4. The molecule has 1 aromatic heterocycles. The maximum atomic E-state index is 10.3. The second kappa shape index (κ2) is 7.16. The van der Waals surface area contributed by atoms with Gasteiger partial charge < -0.3 is 10.4 Å². The van der Waals surface area contributed by atoms with Gasteiger partial charge in [0.05, 0.1) is 0 Å². The number of carboxylic acids is 1. The molecular formula is C10H17N3O2S. The van der Waals surface area contributed by atoms with Crippen LogP contribution in [-0.2, 0) is 11.2 Å². The normalized spacial score (nSPS) is 10.3. The zero-order valence-corrected chi connectivity index (χ0v) is 10.2. The molecule has 0 aliphatic heterocycles. The molecule has 6 heteroatoms. The molecule has 1 rings (SSSR count). The van der Waals surface area contributed by atoms with Crippen LogP contribution in [0.5, 0.6) is 0 Å². The van der Waals surface area contributed by atoms with Gasteiger partial charge in [-0.1, -0.05) is 6.92 Å². The van der Waals surface area contributed by atoms with Crippen molar-refractivity contribution in [2.75, 3.05) is 11.9 Å². The van der Waals surface area contributed by atoms with Gasteiger partial charge >= 0.3 is 5.97 Å². The third-order valence-electron chi connectivity index (χ3n) is 2.04. The van der Waals surface area contributed by atoms with Gasteiger partial charge in [-0.3, -0.25) is 4.79 Å². The number of nitrogens with zero attached hydrogens (tertiary/aromatic N) is 2. The fourth-order valence-electron chi connectivity index (χ4n) is 1.25. The monoisotopic (exact) mass is 243 g/mol. The quantitative estimate of drug-likeness (QED) is 0.684. The fourth-order valence-corrected chi connectivity index (χ4v) is 1.88. The minimum atomic E-state index is -0.735. The molecule has 0 fully saturated rings. The van der Waals surface area contributed by atoms with Gasteiger partial charge in [0.2, 0.25) is 5.13 Å². The van der Waals surface area contributed by atoms with Crippen molar-refractivity contribution in [2.24, 2.45) is 0 Å². The summed E-state index contributed by atoms with van der Waals surface area (Å²) < 4.78 is 4.21. The van der Waals surface area contributed by atoms with E-state index in [4.69, 9.17) is 5.11 Å². The van der Waals surface area contributed by atoms with Crippen LogP contribution in [0.3, 0.4) is 0 Å². The molecule has 0 radical (unpaired) electrons. The zero-order chi connectivity index (χ0) is 11.8. The Balaban J connectivity index is 2.14. The number of aromatic nitrogens is 2. The van der Waals surface area contributed by atoms with Gasteiger partial charge in [0, 0.05) is 30.9 Å². The van der Waals surface area contributed by atoms with Crippen molar-refractivity contribution < 1.29 is 9.90 Å². The first kappa shape index (κ1) is 12.9. The maximum absolute atomic E-state index is 10.3. The van der Waals surface area contributed by atoms with Crippen molar-refractivity contribution in [3.63, 3.8) is 0 Å². The van der Waals surface area contributed by atoms with E-state index < -0.39 is 5.97 Å². The molecule has 0 spiro atoms. The van der Waals surface area contributed by atoms with Crippen LogP contribution < -0.4 is 5.32 Å². The molecule has 0 aliphatic carbocycles. The van der Waals surface area contributed by atoms with E-state index in [2.05, 4.69) is 21.6 Å². The van der Waals surface area contributed by atoms with E-state index in [0.29, 0.717) is 6.42 Å². The summed E-state index contributed by atoms with van der Waals surface area (Å²) in [6.07, 6.45) is 3.74. The number of hydrogen-bond acceptors (Lipinski definition) is 5. The van der Waals surface area contributed by atoms with Gasteiger partial charge in [0.1, 0.15) is 5.82 Å². The van der Waals surface area contributed by atoms with E-state index in [9.17, 15) is 4.79 Å². The van der Waals surface area contributed by atoms with Gasteiger partial charge in [0.25, 0.3) is 0 Å². The highest BCUT2D eigenvalue weighted by Gasteiger charge is 2.02. The first-order valence-corrected chi connectivity index (χ1v) is 6.28. The Hall–Kier alpha value is -1.17. The fraction of sp³-hybridized carbons (Fsp3) is 0.700. The van der Waals surface area contributed by atoms with Crippen LogP contribution in [0.4, 0.5) is 5.13 Å². The molecule has 0 atom stereocenters. The first-order chi connectivity index (χ1) is 7.72. The van der Waals surface area contributed by atoms with Crippen molar-refractivity contribution >= 4 is 22.6 Å². The van der Waals surface area contributed by atoms with Crippen LogP contribution in [0.15, 0.2) is 0 Å². The number of aliphatic carboxylic acids is 1. The number of hydrogen-bond donors (Lipinski definition) is 2. The highest BCUT2D eigenvalue weighted by atomic mass is 32.1. The Bertz CT molecular complexity index is 328. The maximum Gasteiger partial charge on any atom is 0.303 e. The van der Waals surface area contributed by atoms with E-state index in [1.165, 1.54) is 11.5 Å². The molecule has 1 aromatic rings. The van der Waals surface area contributed by atoms with Crippen molar-refractivity contribution in [2.45, 2.75) is 39.0 Å². The molecular weight excluding hydrogens is 226 g/mol. The van der Waals surface area contributed by atoms with Crippen molar-refractivity contribution in [3.05, 3.63) is 5.82 Å². The first-order valence-electron chi connectivity index (χ1n) is 5.50. The minimum absolute atomic E-state index is 0.235. The summed E-state index contributed by atoms with van der Waals surface area (Å²) in [6.45, 7) is 2.86. The van der Waals surface area contributed by atoms with Gasteiger partial charge in [-0.05, 0) is 19.3 Å². The largest absolute Gasteiger partial charge is 0.481 e. The number of nitrogens with one attached hydrogen (secondary N) is 1. The summed E-state index contributed by atoms with van der Waals surface area (Å²) in [6, 6.07) is 0.